The van der Waals surface area contributed by atoms with Crippen LogP contribution in [0.5, 0.6) is 0 Å². The lowest BCUT2D eigenvalue weighted by atomic mass is 10.2. The van der Waals surface area contributed by atoms with E-state index in [0.717, 1.165) is 21.2 Å². The molecule has 0 aliphatic rings. The quantitative estimate of drug-likeness (QED) is 0.509. The SMILES string of the molecule is C(#Cc1ccccc1)CSc1nc2ccccc2s1. The van der Waals surface area contributed by atoms with E-state index < -0.39 is 0 Å². The fourth-order valence-corrected chi connectivity index (χ4v) is 3.48. The summed E-state index contributed by atoms with van der Waals surface area (Å²) in [5.41, 5.74) is 2.14. The zero-order chi connectivity index (χ0) is 12.9. The fourth-order valence-electron chi connectivity index (χ4n) is 1.67. The Labute approximate surface area is 120 Å². The average Bonchev–Trinajstić information content (AvgIpc) is 2.87. The van der Waals surface area contributed by atoms with Gasteiger partial charge in [-0.2, -0.15) is 0 Å². The number of nitrogens with zero attached hydrogens (tertiary/aromatic N) is 1. The molecule has 0 bridgehead atoms. The summed E-state index contributed by atoms with van der Waals surface area (Å²) in [7, 11) is 0. The van der Waals surface area contributed by atoms with Gasteiger partial charge in [-0.25, -0.2) is 4.98 Å². The molecule has 19 heavy (non-hydrogen) atoms. The van der Waals surface area contributed by atoms with Crippen LogP contribution in [0.15, 0.2) is 58.9 Å². The molecule has 0 amide bonds. The molecule has 0 atom stereocenters. The molecule has 92 valence electrons. The second-order valence-corrected chi connectivity index (χ2v) is 6.16. The Morgan fingerprint density at radius 2 is 1.79 bits per heavy atom. The summed E-state index contributed by atoms with van der Waals surface area (Å²) in [6.07, 6.45) is 0. The van der Waals surface area contributed by atoms with Gasteiger partial charge in [0.1, 0.15) is 0 Å². The van der Waals surface area contributed by atoms with Gasteiger partial charge in [-0.15, -0.1) is 11.3 Å². The molecule has 0 aliphatic carbocycles. The summed E-state index contributed by atoms with van der Waals surface area (Å²) < 4.78 is 2.32. The summed E-state index contributed by atoms with van der Waals surface area (Å²) >= 11 is 3.43. The molecule has 3 aromatic rings. The predicted molar refractivity (Wildman–Crippen MR) is 83.7 cm³/mol. The van der Waals surface area contributed by atoms with Crippen LogP contribution in [0.2, 0.25) is 0 Å². The Balaban J connectivity index is 1.65. The van der Waals surface area contributed by atoms with Crippen LogP contribution in [0.1, 0.15) is 5.56 Å². The van der Waals surface area contributed by atoms with E-state index in [4.69, 9.17) is 0 Å². The summed E-state index contributed by atoms with van der Waals surface area (Å²) in [5, 5.41) is 0. The molecule has 0 saturated carbocycles. The molecule has 0 radical (unpaired) electrons. The van der Waals surface area contributed by atoms with Crippen LogP contribution in [-0.4, -0.2) is 10.7 Å². The number of aromatic nitrogens is 1. The Morgan fingerprint density at radius 3 is 2.63 bits per heavy atom. The second-order valence-electron chi connectivity index (χ2n) is 3.90. The van der Waals surface area contributed by atoms with Gasteiger partial charge in [0.2, 0.25) is 0 Å². The number of hydrogen-bond acceptors (Lipinski definition) is 3. The second kappa shape index (κ2) is 5.92. The third-order valence-electron chi connectivity index (χ3n) is 2.55. The minimum Gasteiger partial charge on any atom is -0.230 e. The number of hydrogen-bond donors (Lipinski definition) is 0. The molecule has 0 saturated heterocycles. The van der Waals surface area contributed by atoms with Crippen molar-refractivity contribution in [3.8, 4) is 11.8 Å². The third-order valence-corrected chi connectivity index (χ3v) is 4.61. The normalized spacial score (nSPS) is 10.1. The molecule has 0 spiro atoms. The van der Waals surface area contributed by atoms with Gasteiger partial charge in [0.05, 0.1) is 16.0 Å². The van der Waals surface area contributed by atoms with Crippen molar-refractivity contribution >= 4 is 33.3 Å². The maximum Gasteiger partial charge on any atom is 0.152 e. The van der Waals surface area contributed by atoms with Crippen molar-refractivity contribution in [1.82, 2.24) is 4.98 Å². The van der Waals surface area contributed by atoms with E-state index in [1.807, 2.05) is 48.5 Å². The molecule has 0 fully saturated rings. The zero-order valence-corrected chi connectivity index (χ0v) is 11.8. The van der Waals surface area contributed by atoms with Crippen LogP contribution >= 0.6 is 23.1 Å². The summed E-state index contributed by atoms with van der Waals surface area (Å²) in [5.74, 6) is 7.10. The molecular weight excluding hydrogens is 270 g/mol. The molecule has 3 rings (SSSR count). The van der Waals surface area contributed by atoms with Gasteiger partial charge < -0.3 is 0 Å². The molecule has 2 aromatic carbocycles. The highest BCUT2D eigenvalue weighted by atomic mass is 32.2. The van der Waals surface area contributed by atoms with Gasteiger partial charge in [0.15, 0.2) is 4.34 Å². The van der Waals surface area contributed by atoms with Gasteiger partial charge in [-0.1, -0.05) is 53.9 Å². The van der Waals surface area contributed by atoms with Gasteiger partial charge >= 0.3 is 0 Å². The fraction of sp³-hybridized carbons (Fsp3) is 0.0625. The summed E-state index contributed by atoms with van der Waals surface area (Å²) in [4.78, 5) is 4.57. The van der Waals surface area contributed by atoms with Crippen molar-refractivity contribution in [2.75, 3.05) is 5.75 Å². The standard InChI is InChI=1S/C16H11NS2/c1-2-7-13(8-3-1)9-6-12-18-16-17-14-10-4-5-11-15(14)19-16/h1-5,7-8,10-11H,12H2. The van der Waals surface area contributed by atoms with Crippen LogP contribution in [0.4, 0.5) is 0 Å². The van der Waals surface area contributed by atoms with Crippen molar-refractivity contribution in [1.29, 1.82) is 0 Å². The first-order valence-electron chi connectivity index (χ1n) is 5.94. The van der Waals surface area contributed by atoms with Gasteiger partial charge in [-0.3, -0.25) is 0 Å². The first kappa shape index (κ1) is 12.3. The monoisotopic (exact) mass is 281 g/mol. The lowest BCUT2D eigenvalue weighted by Gasteiger charge is -1.88. The molecular formula is C16H11NS2. The van der Waals surface area contributed by atoms with Gasteiger partial charge in [0, 0.05) is 5.56 Å². The smallest absolute Gasteiger partial charge is 0.152 e. The van der Waals surface area contributed by atoms with Crippen LogP contribution < -0.4 is 0 Å². The minimum absolute atomic E-state index is 0.773. The number of thioether (sulfide) groups is 1. The van der Waals surface area contributed by atoms with E-state index in [1.165, 1.54) is 4.70 Å². The molecule has 1 nitrogen and oxygen atoms in total. The molecule has 1 aromatic heterocycles. The van der Waals surface area contributed by atoms with Crippen LogP contribution in [0.25, 0.3) is 10.2 Å². The highest BCUT2D eigenvalue weighted by molar-refractivity contribution is 8.01. The van der Waals surface area contributed by atoms with E-state index >= 15 is 0 Å². The zero-order valence-electron chi connectivity index (χ0n) is 10.2. The Kier molecular flexibility index (Phi) is 3.83. The molecule has 0 N–H and O–H groups in total. The largest absolute Gasteiger partial charge is 0.230 e. The van der Waals surface area contributed by atoms with E-state index in [-0.39, 0.29) is 0 Å². The minimum atomic E-state index is 0.773. The van der Waals surface area contributed by atoms with Crippen molar-refractivity contribution in [2.24, 2.45) is 0 Å². The van der Waals surface area contributed by atoms with Crippen molar-refractivity contribution < 1.29 is 0 Å². The van der Waals surface area contributed by atoms with Gasteiger partial charge in [0.25, 0.3) is 0 Å². The Bertz CT molecular complexity index is 702. The van der Waals surface area contributed by atoms with Crippen molar-refractivity contribution in [3.63, 3.8) is 0 Å². The summed E-state index contributed by atoms with van der Waals surface area (Å²) in [6.45, 7) is 0. The lowest BCUT2D eigenvalue weighted by molar-refractivity contribution is 1.31. The van der Waals surface area contributed by atoms with E-state index in [9.17, 15) is 0 Å². The van der Waals surface area contributed by atoms with E-state index in [0.29, 0.717) is 0 Å². The van der Waals surface area contributed by atoms with E-state index in [2.05, 4.69) is 22.9 Å². The predicted octanol–water partition coefficient (Wildman–Crippen LogP) is 4.44. The number of rotatable bonds is 2. The van der Waals surface area contributed by atoms with Crippen molar-refractivity contribution in [3.05, 3.63) is 60.2 Å². The number of para-hydroxylation sites is 1. The van der Waals surface area contributed by atoms with Crippen LogP contribution in [-0.2, 0) is 0 Å². The third kappa shape index (κ3) is 3.17. The maximum absolute atomic E-state index is 4.57. The van der Waals surface area contributed by atoms with E-state index in [1.54, 1.807) is 23.1 Å². The first-order valence-corrected chi connectivity index (χ1v) is 7.74. The average molecular weight is 281 g/mol. The highest BCUT2D eigenvalue weighted by Gasteiger charge is 2.01. The van der Waals surface area contributed by atoms with Crippen molar-refractivity contribution in [2.45, 2.75) is 4.34 Å². The highest BCUT2D eigenvalue weighted by Crippen LogP contribution is 2.28. The van der Waals surface area contributed by atoms with Crippen LogP contribution in [0.3, 0.4) is 0 Å². The molecule has 3 heteroatoms. The topological polar surface area (TPSA) is 12.9 Å². The maximum atomic E-state index is 4.57. The first-order chi connectivity index (χ1) is 9.42. The Hall–Kier alpha value is -1.76. The van der Waals surface area contributed by atoms with Gasteiger partial charge in [-0.05, 0) is 24.3 Å². The number of fused-ring (bicyclic) bond motifs is 1. The lowest BCUT2D eigenvalue weighted by Crippen LogP contribution is -1.75. The molecule has 0 aliphatic heterocycles. The Morgan fingerprint density at radius 1 is 1.00 bits per heavy atom. The molecule has 0 unspecified atom stereocenters. The number of thiazole rings is 1. The molecule has 1 heterocycles. The number of benzene rings is 2. The summed E-state index contributed by atoms with van der Waals surface area (Å²) in [6, 6.07) is 18.3. The van der Waals surface area contributed by atoms with Crippen LogP contribution in [0, 0.1) is 11.8 Å².